The molecule has 1 heterocycles. The van der Waals surface area contributed by atoms with Gasteiger partial charge in [-0.05, 0) is 20.0 Å². The molecule has 0 saturated carbocycles. The van der Waals surface area contributed by atoms with E-state index in [-0.39, 0.29) is 18.6 Å². The summed E-state index contributed by atoms with van der Waals surface area (Å²) >= 11 is 0. The molecule has 0 aliphatic carbocycles. The second kappa shape index (κ2) is 8.75. The zero-order valence-electron chi connectivity index (χ0n) is 8.96. The lowest BCUT2D eigenvalue weighted by molar-refractivity contribution is 0.152. The number of piperazine rings is 1. The van der Waals surface area contributed by atoms with Gasteiger partial charge in [-0.2, -0.15) is 0 Å². The van der Waals surface area contributed by atoms with Gasteiger partial charge in [0.1, 0.15) is 0 Å². The minimum Gasteiger partial charge on any atom is -0.344 e. The van der Waals surface area contributed by atoms with Crippen molar-refractivity contribution in [2.24, 2.45) is 0 Å². The van der Waals surface area contributed by atoms with Crippen LogP contribution in [0.5, 0.6) is 0 Å². The first kappa shape index (κ1) is 15.6. The SMILES string of the molecule is CCCCN1CCN(C)CC1.Cl.N. The lowest BCUT2D eigenvalue weighted by Crippen LogP contribution is -2.44. The first-order valence-corrected chi connectivity index (χ1v) is 4.74. The molecular formula is C9H24ClN3. The Morgan fingerprint density at radius 1 is 1.08 bits per heavy atom. The quantitative estimate of drug-likeness (QED) is 0.768. The molecule has 3 nitrogen and oxygen atoms in total. The molecule has 0 unspecified atom stereocenters. The fourth-order valence-electron chi connectivity index (χ4n) is 1.45. The van der Waals surface area contributed by atoms with Crippen molar-refractivity contribution in [1.29, 1.82) is 0 Å². The lowest BCUT2D eigenvalue weighted by Gasteiger charge is -2.32. The van der Waals surface area contributed by atoms with Gasteiger partial charge in [0.05, 0.1) is 0 Å². The van der Waals surface area contributed by atoms with E-state index >= 15 is 0 Å². The van der Waals surface area contributed by atoms with Gasteiger partial charge in [0, 0.05) is 26.2 Å². The molecule has 1 aliphatic rings. The smallest absolute Gasteiger partial charge is 0.0110 e. The van der Waals surface area contributed by atoms with Gasteiger partial charge in [0.15, 0.2) is 0 Å². The van der Waals surface area contributed by atoms with Crippen LogP contribution in [0.1, 0.15) is 19.8 Å². The van der Waals surface area contributed by atoms with Crippen molar-refractivity contribution < 1.29 is 0 Å². The molecule has 82 valence electrons. The summed E-state index contributed by atoms with van der Waals surface area (Å²) in [7, 11) is 2.21. The minimum atomic E-state index is 0. The van der Waals surface area contributed by atoms with E-state index in [0.29, 0.717) is 0 Å². The Hall–Kier alpha value is 0.170. The molecule has 4 heteroatoms. The molecule has 3 N–H and O–H groups in total. The molecule has 0 aromatic carbocycles. The van der Waals surface area contributed by atoms with Crippen LogP contribution in [0, 0.1) is 0 Å². The molecule has 0 bridgehead atoms. The van der Waals surface area contributed by atoms with Crippen LogP contribution in [0.4, 0.5) is 0 Å². The standard InChI is InChI=1S/C9H20N2.ClH.H3N/c1-3-4-5-11-8-6-10(2)7-9-11;;/h3-9H2,1-2H3;1H;1H3. The molecule has 1 saturated heterocycles. The van der Waals surface area contributed by atoms with Gasteiger partial charge in [0.25, 0.3) is 0 Å². The van der Waals surface area contributed by atoms with Crippen LogP contribution in [0.25, 0.3) is 0 Å². The summed E-state index contributed by atoms with van der Waals surface area (Å²) < 4.78 is 0. The molecule has 0 spiro atoms. The zero-order valence-corrected chi connectivity index (χ0v) is 9.78. The molecule has 0 amide bonds. The van der Waals surface area contributed by atoms with Crippen molar-refractivity contribution >= 4 is 12.4 Å². The fraction of sp³-hybridized carbons (Fsp3) is 1.00. The van der Waals surface area contributed by atoms with E-state index in [1.54, 1.807) is 0 Å². The van der Waals surface area contributed by atoms with Crippen molar-refractivity contribution in [3.63, 3.8) is 0 Å². The first-order chi connectivity index (χ1) is 5.33. The molecule has 0 atom stereocenters. The molecule has 1 rings (SSSR count). The van der Waals surface area contributed by atoms with Crippen molar-refractivity contribution in [2.45, 2.75) is 19.8 Å². The summed E-state index contributed by atoms with van der Waals surface area (Å²) in [6, 6.07) is 0. The second-order valence-corrected chi connectivity index (χ2v) is 3.50. The topological polar surface area (TPSA) is 41.5 Å². The van der Waals surface area contributed by atoms with E-state index in [9.17, 15) is 0 Å². The van der Waals surface area contributed by atoms with E-state index in [4.69, 9.17) is 0 Å². The largest absolute Gasteiger partial charge is 0.344 e. The molecule has 0 radical (unpaired) electrons. The molecule has 13 heavy (non-hydrogen) atoms. The fourth-order valence-corrected chi connectivity index (χ4v) is 1.45. The zero-order chi connectivity index (χ0) is 8.10. The van der Waals surface area contributed by atoms with E-state index < -0.39 is 0 Å². The third-order valence-electron chi connectivity index (χ3n) is 2.42. The summed E-state index contributed by atoms with van der Waals surface area (Å²) in [6.07, 6.45) is 2.69. The summed E-state index contributed by atoms with van der Waals surface area (Å²) in [4.78, 5) is 4.98. The predicted octanol–water partition coefficient (Wildman–Crippen LogP) is 1.62. The first-order valence-electron chi connectivity index (χ1n) is 4.74. The van der Waals surface area contributed by atoms with Gasteiger partial charge in [-0.25, -0.2) is 0 Å². The number of hydrogen-bond acceptors (Lipinski definition) is 3. The van der Waals surface area contributed by atoms with Crippen LogP contribution in [-0.4, -0.2) is 49.6 Å². The average molecular weight is 210 g/mol. The Bertz CT molecular complexity index is 100. The number of unbranched alkanes of at least 4 members (excludes halogenated alkanes) is 1. The van der Waals surface area contributed by atoms with Crippen LogP contribution >= 0.6 is 12.4 Å². The number of halogens is 1. The summed E-state index contributed by atoms with van der Waals surface area (Å²) in [6.45, 7) is 8.63. The second-order valence-electron chi connectivity index (χ2n) is 3.50. The van der Waals surface area contributed by atoms with Gasteiger partial charge >= 0.3 is 0 Å². The van der Waals surface area contributed by atoms with Gasteiger partial charge < -0.3 is 16.0 Å². The van der Waals surface area contributed by atoms with E-state index in [1.807, 2.05) is 0 Å². The van der Waals surface area contributed by atoms with Gasteiger partial charge in [-0.15, -0.1) is 12.4 Å². The lowest BCUT2D eigenvalue weighted by atomic mass is 10.3. The Labute approximate surface area is 88.5 Å². The monoisotopic (exact) mass is 209 g/mol. The highest BCUT2D eigenvalue weighted by Crippen LogP contribution is 2.00. The highest BCUT2D eigenvalue weighted by Gasteiger charge is 2.11. The van der Waals surface area contributed by atoms with E-state index in [0.717, 1.165) is 0 Å². The Balaban J connectivity index is 0. The Morgan fingerprint density at radius 3 is 2.08 bits per heavy atom. The maximum absolute atomic E-state index is 2.57. The summed E-state index contributed by atoms with van der Waals surface area (Å²) in [5.41, 5.74) is 0. The van der Waals surface area contributed by atoms with Crippen molar-refractivity contribution in [3.8, 4) is 0 Å². The van der Waals surface area contributed by atoms with Gasteiger partial charge in [0.2, 0.25) is 0 Å². The Morgan fingerprint density at radius 2 is 1.62 bits per heavy atom. The normalized spacial score (nSPS) is 18.9. The van der Waals surface area contributed by atoms with E-state index in [1.165, 1.54) is 45.6 Å². The summed E-state index contributed by atoms with van der Waals surface area (Å²) in [5.74, 6) is 0. The number of rotatable bonds is 3. The van der Waals surface area contributed by atoms with E-state index in [2.05, 4.69) is 23.8 Å². The van der Waals surface area contributed by atoms with Gasteiger partial charge in [-0.3, -0.25) is 0 Å². The van der Waals surface area contributed by atoms with Crippen LogP contribution in [0.15, 0.2) is 0 Å². The molecular weight excluding hydrogens is 186 g/mol. The van der Waals surface area contributed by atoms with Crippen LogP contribution < -0.4 is 6.15 Å². The highest BCUT2D eigenvalue weighted by molar-refractivity contribution is 5.85. The third kappa shape index (κ3) is 6.27. The number of nitrogens with zero attached hydrogens (tertiary/aromatic N) is 2. The van der Waals surface area contributed by atoms with Crippen molar-refractivity contribution in [2.75, 3.05) is 39.8 Å². The maximum atomic E-state index is 2.57. The Kier molecular flexibility index (Phi) is 10.5. The van der Waals surface area contributed by atoms with Crippen molar-refractivity contribution in [3.05, 3.63) is 0 Å². The molecule has 0 aromatic rings. The third-order valence-corrected chi connectivity index (χ3v) is 2.42. The van der Waals surface area contributed by atoms with Crippen molar-refractivity contribution in [1.82, 2.24) is 16.0 Å². The van der Waals surface area contributed by atoms with Crippen LogP contribution in [0.2, 0.25) is 0 Å². The minimum absolute atomic E-state index is 0. The summed E-state index contributed by atoms with van der Waals surface area (Å²) in [5, 5.41) is 0. The number of likely N-dealkylation sites (N-methyl/N-ethyl adjacent to an activating group) is 1. The number of hydrogen-bond donors (Lipinski definition) is 1. The van der Waals surface area contributed by atoms with Crippen LogP contribution in [-0.2, 0) is 0 Å². The average Bonchev–Trinajstić information content (AvgIpc) is 2.04. The van der Waals surface area contributed by atoms with Gasteiger partial charge in [-0.1, -0.05) is 13.3 Å². The molecule has 0 aromatic heterocycles. The molecule has 1 aliphatic heterocycles. The highest BCUT2D eigenvalue weighted by atomic mass is 35.5. The predicted molar refractivity (Wildman–Crippen MR) is 61.1 cm³/mol. The maximum Gasteiger partial charge on any atom is 0.0110 e. The molecule has 1 fully saturated rings. The van der Waals surface area contributed by atoms with Crippen LogP contribution in [0.3, 0.4) is 0 Å².